The Hall–Kier alpha value is -2.92. The lowest BCUT2D eigenvalue weighted by molar-refractivity contribution is -0.147. The predicted octanol–water partition coefficient (Wildman–Crippen LogP) is 2.97. The lowest BCUT2D eigenvalue weighted by atomic mass is 9.60. The molecule has 216 valence electrons. The second-order valence-electron chi connectivity index (χ2n) is 10.3. The average Bonchev–Trinajstić information content (AvgIpc) is 2.84. The van der Waals surface area contributed by atoms with Crippen LogP contribution in [0.15, 0.2) is 25.3 Å². The summed E-state index contributed by atoms with van der Waals surface area (Å²) in [4.78, 5) is 46.4. The van der Waals surface area contributed by atoms with Gasteiger partial charge in [-0.3, -0.25) is 4.79 Å². The smallest absolute Gasteiger partial charge is 0.407 e. The molecule has 11 nitrogen and oxygen atoms in total. The third kappa shape index (κ3) is 15.4. The van der Waals surface area contributed by atoms with Crippen LogP contribution < -0.4 is 5.32 Å². The summed E-state index contributed by atoms with van der Waals surface area (Å²) in [6.07, 6.45) is 4.45. The topological polar surface area (TPSA) is 136 Å². The van der Waals surface area contributed by atoms with E-state index in [1.54, 1.807) is 0 Å². The third-order valence-corrected chi connectivity index (χ3v) is 5.87. The summed E-state index contributed by atoms with van der Waals surface area (Å²) < 4.78 is 30.6. The van der Waals surface area contributed by atoms with Crippen LogP contribution in [0, 0.1) is 16.7 Å². The molecule has 0 heterocycles. The molecular weight excluding hydrogens is 498 g/mol. The van der Waals surface area contributed by atoms with Crippen LogP contribution in [0.2, 0.25) is 0 Å². The van der Waals surface area contributed by atoms with E-state index in [-0.39, 0.29) is 75.6 Å². The van der Waals surface area contributed by atoms with Crippen molar-refractivity contribution in [2.75, 3.05) is 59.4 Å². The second kappa shape index (κ2) is 17.6. The van der Waals surface area contributed by atoms with Crippen LogP contribution >= 0.6 is 0 Å². The molecule has 0 aliphatic heterocycles. The van der Waals surface area contributed by atoms with Gasteiger partial charge in [0.1, 0.15) is 26.4 Å². The Morgan fingerprint density at radius 2 is 1.26 bits per heavy atom. The van der Waals surface area contributed by atoms with Crippen LogP contribution in [0.25, 0.3) is 0 Å². The number of carbonyl (C=O) groups excluding carboxylic acids is 4. The normalized spacial score (nSPS) is 20.0. The fourth-order valence-corrected chi connectivity index (χ4v) is 4.89. The summed E-state index contributed by atoms with van der Waals surface area (Å²) >= 11 is 0. The molecule has 1 saturated carbocycles. The van der Waals surface area contributed by atoms with E-state index in [4.69, 9.17) is 28.4 Å². The number of alkyl carbamates (subject to hydrolysis) is 1. The minimum absolute atomic E-state index is 0.00158. The Balaban J connectivity index is 2.30. The van der Waals surface area contributed by atoms with Gasteiger partial charge in [-0.2, -0.15) is 0 Å². The number of nitrogens with one attached hydrogen (secondary N) is 1. The van der Waals surface area contributed by atoms with E-state index in [2.05, 4.69) is 39.2 Å². The Morgan fingerprint density at radius 3 is 1.79 bits per heavy atom. The number of ether oxygens (including phenoxy) is 6. The second-order valence-corrected chi connectivity index (χ2v) is 10.3. The summed E-state index contributed by atoms with van der Waals surface area (Å²) in [6.45, 7) is 14.7. The molecule has 0 aromatic carbocycles. The van der Waals surface area contributed by atoms with E-state index in [0.717, 1.165) is 31.4 Å². The molecule has 0 radical (unpaired) electrons. The Bertz CT molecular complexity index is 797. The van der Waals surface area contributed by atoms with Crippen molar-refractivity contribution in [1.82, 2.24) is 5.32 Å². The first-order valence-electron chi connectivity index (χ1n) is 12.8. The molecule has 1 rings (SSSR count). The lowest BCUT2D eigenvalue weighted by Gasteiger charge is -2.46. The monoisotopic (exact) mass is 541 g/mol. The Morgan fingerprint density at radius 1 is 0.763 bits per heavy atom. The van der Waals surface area contributed by atoms with E-state index in [1.165, 1.54) is 0 Å². The molecule has 0 bridgehead atoms. The Labute approximate surface area is 225 Å². The molecule has 1 aliphatic rings. The lowest BCUT2D eigenvalue weighted by Crippen LogP contribution is -2.44. The van der Waals surface area contributed by atoms with Crippen molar-refractivity contribution in [1.29, 1.82) is 0 Å². The van der Waals surface area contributed by atoms with Gasteiger partial charge in [-0.05, 0) is 36.0 Å². The van der Waals surface area contributed by atoms with Crippen LogP contribution in [0.4, 0.5) is 4.79 Å². The van der Waals surface area contributed by atoms with E-state index >= 15 is 0 Å². The zero-order chi connectivity index (χ0) is 28.4. The van der Waals surface area contributed by atoms with Crippen molar-refractivity contribution < 1.29 is 47.6 Å². The maximum atomic E-state index is 12.4. The van der Waals surface area contributed by atoms with E-state index in [0.29, 0.717) is 13.0 Å². The van der Waals surface area contributed by atoms with Crippen molar-refractivity contribution >= 4 is 24.0 Å². The highest BCUT2D eigenvalue weighted by atomic mass is 16.6. The molecule has 0 spiro atoms. The molecule has 2 unspecified atom stereocenters. The number of hydrogen-bond acceptors (Lipinski definition) is 10. The summed E-state index contributed by atoms with van der Waals surface area (Å²) in [5.74, 6) is -1.20. The number of esters is 3. The van der Waals surface area contributed by atoms with Crippen molar-refractivity contribution in [3.8, 4) is 0 Å². The summed E-state index contributed by atoms with van der Waals surface area (Å²) in [5, 5.41) is 2.83. The largest absolute Gasteiger partial charge is 0.463 e. The zero-order valence-electron chi connectivity index (χ0n) is 22.9. The van der Waals surface area contributed by atoms with Crippen molar-refractivity contribution in [2.45, 2.75) is 46.5 Å². The fraction of sp³-hybridized carbons (Fsp3) is 0.704. The van der Waals surface area contributed by atoms with Crippen molar-refractivity contribution in [3.63, 3.8) is 0 Å². The van der Waals surface area contributed by atoms with Gasteiger partial charge in [0.15, 0.2) is 0 Å². The van der Waals surface area contributed by atoms with Gasteiger partial charge in [0.05, 0.1) is 26.4 Å². The molecule has 1 fully saturated rings. The van der Waals surface area contributed by atoms with Crippen molar-refractivity contribution in [2.24, 2.45) is 16.7 Å². The molecule has 1 aliphatic carbocycles. The van der Waals surface area contributed by atoms with Crippen LogP contribution in [0.1, 0.15) is 46.5 Å². The SMILES string of the molecule is C=CC(=O)OCCOCCOC(=O)CC1CC(C)(C)CC(C)(CNC(=O)OCCOCCOC(=O)C=C)C1. The molecule has 1 N–H and O–H groups in total. The quantitative estimate of drug-likeness (QED) is 0.119. The zero-order valence-corrected chi connectivity index (χ0v) is 22.9. The number of rotatable bonds is 18. The maximum absolute atomic E-state index is 12.4. The Kier molecular flexibility index (Phi) is 15.3. The minimum Gasteiger partial charge on any atom is -0.463 e. The van der Waals surface area contributed by atoms with E-state index < -0.39 is 18.0 Å². The molecular formula is C27H43NO10. The van der Waals surface area contributed by atoms with Crippen LogP contribution in [-0.4, -0.2) is 83.4 Å². The standard InChI is InChI=1S/C27H43NO10/c1-6-22(29)35-12-8-33-10-14-37-24(31)16-21-17-26(3,4)19-27(5,18-21)20-28-25(32)38-15-11-34-9-13-36-23(30)7-2/h6-7,21H,1-2,8-20H2,3-5H3,(H,28,32). The number of hydrogen-bond donors (Lipinski definition) is 1. The van der Waals surface area contributed by atoms with E-state index in [9.17, 15) is 19.2 Å². The van der Waals surface area contributed by atoms with Gasteiger partial charge < -0.3 is 33.7 Å². The van der Waals surface area contributed by atoms with Gasteiger partial charge in [0, 0.05) is 25.1 Å². The number of carbonyl (C=O) groups is 4. The first kappa shape index (κ1) is 33.1. The number of amides is 1. The molecule has 2 atom stereocenters. The minimum atomic E-state index is -0.536. The summed E-state index contributed by atoms with van der Waals surface area (Å²) in [5.41, 5.74) is -0.207. The highest BCUT2D eigenvalue weighted by Gasteiger charge is 2.42. The molecule has 38 heavy (non-hydrogen) atoms. The first-order chi connectivity index (χ1) is 18.0. The predicted molar refractivity (Wildman–Crippen MR) is 138 cm³/mol. The van der Waals surface area contributed by atoms with Gasteiger partial charge in [-0.1, -0.05) is 33.9 Å². The molecule has 0 saturated heterocycles. The van der Waals surface area contributed by atoms with Gasteiger partial charge in [-0.15, -0.1) is 0 Å². The molecule has 11 heteroatoms. The van der Waals surface area contributed by atoms with Crippen molar-refractivity contribution in [3.05, 3.63) is 25.3 Å². The highest BCUT2D eigenvalue weighted by molar-refractivity contribution is 5.81. The summed E-state index contributed by atoms with van der Waals surface area (Å²) in [6, 6.07) is 0. The maximum Gasteiger partial charge on any atom is 0.407 e. The highest BCUT2D eigenvalue weighted by Crippen LogP contribution is 2.49. The molecule has 0 aromatic heterocycles. The fourth-order valence-electron chi connectivity index (χ4n) is 4.89. The molecule has 1 amide bonds. The van der Waals surface area contributed by atoms with Crippen LogP contribution in [0.3, 0.4) is 0 Å². The first-order valence-corrected chi connectivity index (χ1v) is 12.8. The van der Waals surface area contributed by atoms with E-state index in [1.807, 2.05) is 0 Å². The van der Waals surface area contributed by atoms with Crippen LogP contribution in [0.5, 0.6) is 0 Å². The van der Waals surface area contributed by atoms with Gasteiger partial charge in [0.2, 0.25) is 0 Å². The van der Waals surface area contributed by atoms with Gasteiger partial charge >= 0.3 is 24.0 Å². The van der Waals surface area contributed by atoms with Gasteiger partial charge in [0.25, 0.3) is 0 Å². The van der Waals surface area contributed by atoms with Crippen LogP contribution in [-0.2, 0) is 42.8 Å². The third-order valence-electron chi connectivity index (χ3n) is 5.87. The average molecular weight is 542 g/mol. The summed E-state index contributed by atoms with van der Waals surface area (Å²) in [7, 11) is 0. The van der Waals surface area contributed by atoms with Gasteiger partial charge in [-0.25, -0.2) is 14.4 Å². The molecule has 0 aromatic rings.